The molecule has 1 aliphatic carbocycles. The standard InChI is InChI=1S/C22H23NO3S2/c1-12(2)26-22(25)19-13(3)23-16-9-15(18-5-4-7-28-18)10-17(24)21(16)20(19)14-6-8-27-11-14/h4-8,11-12,15,20,23H,9-10H2,1-3H3/t15-,20-/m0/s1. The molecule has 0 bridgehead atoms. The van der Waals surface area contributed by atoms with Gasteiger partial charge in [-0.15, -0.1) is 11.3 Å². The average Bonchev–Trinajstić information content (AvgIpc) is 3.33. The molecule has 1 N–H and O–H groups in total. The number of carbonyl (C=O) groups is 2. The Morgan fingerprint density at radius 3 is 2.71 bits per heavy atom. The number of ketones is 1. The van der Waals surface area contributed by atoms with Crippen LogP contribution in [0.1, 0.15) is 55.9 Å². The van der Waals surface area contributed by atoms with E-state index in [4.69, 9.17) is 4.74 Å². The largest absolute Gasteiger partial charge is 0.460 e. The SMILES string of the molecule is CC1=C(C(=O)OC(C)C)[C@H](c2ccsc2)C2=C(C[C@H](c3cccs3)CC2=O)N1. The molecule has 2 atom stereocenters. The van der Waals surface area contributed by atoms with Crippen LogP contribution in [0.5, 0.6) is 0 Å². The average molecular weight is 414 g/mol. The number of nitrogens with one attached hydrogen (secondary N) is 1. The number of thiophene rings is 2. The molecule has 2 aromatic heterocycles. The highest BCUT2D eigenvalue weighted by Crippen LogP contribution is 2.46. The van der Waals surface area contributed by atoms with Crippen molar-refractivity contribution in [3.05, 3.63) is 67.3 Å². The summed E-state index contributed by atoms with van der Waals surface area (Å²) in [5, 5.41) is 9.44. The quantitative estimate of drug-likeness (QED) is 0.707. The van der Waals surface area contributed by atoms with Gasteiger partial charge in [0.15, 0.2) is 5.78 Å². The summed E-state index contributed by atoms with van der Waals surface area (Å²) in [6.07, 6.45) is 1.05. The normalized spacial score (nSPS) is 22.4. The Balaban J connectivity index is 1.77. The first-order valence-electron chi connectivity index (χ1n) is 9.46. The van der Waals surface area contributed by atoms with Crippen molar-refractivity contribution in [1.82, 2.24) is 5.32 Å². The molecule has 28 heavy (non-hydrogen) atoms. The minimum absolute atomic E-state index is 0.116. The summed E-state index contributed by atoms with van der Waals surface area (Å²) in [5.74, 6) is -0.397. The van der Waals surface area contributed by atoms with Gasteiger partial charge < -0.3 is 10.1 Å². The maximum absolute atomic E-state index is 13.3. The van der Waals surface area contributed by atoms with Gasteiger partial charge in [-0.05, 0) is 61.0 Å². The van der Waals surface area contributed by atoms with Gasteiger partial charge >= 0.3 is 5.97 Å². The molecule has 0 saturated heterocycles. The zero-order valence-corrected chi connectivity index (χ0v) is 17.8. The summed E-state index contributed by atoms with van der Waals surface area (Å²) in [6.45, 7) is 5.58. The van der Waals surface area contributed by atoms with Crippen LogP contribution in [-0.4, -0.2) is 17.9 Å². The molecule has 0 saturated carbocycles. The molecule has 2 aliphatic rings. The van der Waals surface area contributed by atoms with Crippen molar-refractivity contribution in [3.63, 3.8) is 0 Å². The third-order valence-corrected chi connectivity index (χ3v) is 6.95. The van der Waals surface area contributed by atoms with Crippen molar-refractivity contribution in [1.29, 1.82) is 0 Å². The Labute approximate surface area is 172 Å². The van der Waals surface area contributed by atoms with E-state index < -0.39 is 0 Å². The number of rotatable bonds is 4. The molecule has 1 aliphatic heterocycles. The topological polar surface area (TPSA) is 55.4 Å². The van der Waals surface area contributed by atoms with Gasteiger partial charge in [-0.25, -0.2) is 4.79 Å². The molecule has 0 spiro atoms. The summed E-state index contributed by atoms with van der Waals surface area (Å²) < 4.78 is 5.52. The van der Waals surface area contributed by atoms with E-state index in [0.29, 0.717) is 12.0 Å². The number of Topliss-reactive ketones (excluding diaryl/α,β-unsaturated/α-hetero) is 1. The zero-order valence-electron chi connectivity index (χ0n) is 16.2. The van der Waals surface area contributed by atoms with Crippen molar-refractivity contribution < 1.29 is 14.3 Å². The first-order chi connectivity index (χ1) is 13.5. The van der Waals surface area contributed by atoms with Crippen LogP contribution in [0, 0.1) is 0 Å². The van der Waals surface area contributed by atoms with Gasteiger partial charge in [-0.3, -0.25) is 4.79 Å². The molecule has 6 heteroatoms. The van der Waals surface area contributed by atoms with Gasteiger partial charge in [-0.2, -0.15) is 11.3 Å². The Kier molecular flexibility index (Phi) is 5.25. The Bertz CT molecular complexity index is 952. The van der Waals surface area contributed by atoms with E-state index in [2.05, 4.69) is 16.8 Å². The Morgan fingerprint density at radius 1 is 1.25 bits per heavy atom. The predicted octanol–water partition coefficient (Wildman–Crippen LogP) is 5.12. The summed E-state index contributed by atoms with van der Waals surface area (Å²) in [6, 6.07) is 6.13. The van der Waals surface area contributed by atoms with Gasteiger partial charge in [0.1, 0.15) is 0 Å². The van der Waals surface area contributed by atoms with Crippen LogP contribution in [0.2, 0.25) is 0 Å². The predicted molar refractivity (Wildman–Crippen MR) is 112 cm³/mol. The monoisotopic (exact) mass is 413 g/mol. The van der Waals surface area contributed by atoms with Crippen LogP contribution in [-0.2, 0) is 14.3 Å². The van der Waals surface area contributed by atoms with E-state index in [1.54, 1.807) is 22.7 Å². The molecule has 0 amide bonds. The maximum Gasteiger partial charge on any atom is 0.337 e. The molecule has 3 heterocycles. The molecule has 4 nitrogen and oxygen atoms in total. The van der Waals surface area contributed by atoms with Gasteiger partial charge in [-0.1, -0.05) is 6.07 Å². The minimum Gasteiger partial charge on any atom is -0.460 e. The number of hydrogen-bond acceptors (Lipinski definition) is 6. The number of allylic oxidation sites excluding steroid dienone is 3. The molecule has 0 unspecified atom stereocenters. The van der Waals surface area contributed by atoms with Crippen LogP contribution in [0.15, 0.2) is 56.9 Å². The van der Waals surface area contributed by atoms with E-state index >= 15 is 0 Å². The Hall–Kier alpha value is -2.18. The summed E-state index contributed by atoms with van der Waals surface area (Å²) in [5.41, 5.74) is 3.99. The molecule has 0 fully saturated rings. The fourth-order valence-corrected chi connectivity index (χ4v) is 5.60. The lowest BCUT2D eigenvalue weighted by Gasteiger charge is -2.36. The minimum atomic E-state index is -0.356. The number of hydrogen-bond donors (Lipinski definition) is 1. The van der Waals surface area contributed by atoms with Gasteiger partial charge in [0.25, 0.3) is 0 Å². The summed E-state index contributed by atoms with van der Waals surface area (Å²) in [4.78, 5) is 27.4. The van der Waals surface area contributed by atoms with Crippen molar-refractivity contribution in [3.8, 4) is 0 Å². The van der Waals surface area contributed by atoms with E-state index in [1.165, 1.54) is 4.88 Å². The fourth-order valence-electron chi connectivity index (χ4n) is 4.08. The van der Waals surface area contributed by atoms with Crippen molar-refractivity contribution in [2.24, 2.45) is 0 Å². The van der Waals surface area contributed by atoms with Gasteiger partial charge in [0.05, 0.1) is 11.7 Å². The van der Waals surface area contributed by atoms with Crippen LogP contribution in [0.3, 0.4) is 0 Å². The second kappa shape index (κ2) is 7.68. The number of esters is 1. The van der Waals surface area contributed by atoms with E-state index in [0.717, 1.165) is 29.0 Å². The lowest BCUT2D eigenvalue weighted by Crippen LogP contribution is -2.36. The second-order valence-electron chi connectivity index (χ2n) is 7.54. The van der Waals surface area contributed by atoms with E-state index in [1.807, 2.05) is 43.7 Å². The van der Waals surface area contributed by atoms with Crippen molar-refractivity contribution in [2.75, 3.05) is 0 Å². The molecular weight excluding hydrogens is 390 g/mol. The van der Waals surface area contributed by atoms with Crippen LogP contribution in [0.4, 0.5) is 0 Å². The molecular formula is C22H23NO3S2. The molecule has 0 radical (unpaired) electrons. The third kappa shape index (κ3) is 3.47. The van der Waals surface area contributed by atoms with Crippen molar-refractivity contribution in [2.45, 2.75) is 51.6 Å². The summed E-state index contributed by atoms with van der Waals surface area (Å²) >= 11 is 3.27. The van der Waals surface area contributed by atoms with Crippen LogP contribution in [0.25, 0.3) is 0 Å². The first kappa shape index (κ1) is 19.2. The third-order valence-electron chi connectivity index (χ3n) is 5.21. The molecule has 146 valence electrons. The molecule has 4 rings (SSSR count). The molecule has 2 aromatic rings. The first-order valence-corrected chi connectivity index (χ1v) is 11.3. The van der Waals surface area contributed by atoms with Crippen LogP contribution < -0.4 is 5.32 Å². The lowest BCUT2D eigenvalue weighted by atomic mass is 9.73. The molecule has 0 aromatic carbocycles. The fraction of sp³-hybridized carbons (Fsp3) is 0.364. The second-order valence-corrected chi connectivity index (χ2v) is 9.30. The lowest BCUT2D eigenvalue weighted by molar-refractivity contribution is -0.143. The highest BCUT2D eigenvalue weighted by Gasteiger charge is 2.41. The van der Waals surface area contributed by atoms with Crippen molar-refractivity contribution >= 4 is 34.4 Å². The maximum atomic E-state index is 13.3. The van der Waals surface area contributed by atoms with E-state index in [-0.39, 0.29) is 29.7 Å². The zero-order chi connectivity index (χ0) is 19.8. The van der Waals surface area contributed by atoms with Gasteiger partial charge in [0.2, 0.25) is 0 Å². The highest BCUT2D eigenvalue weighted by molar-refractivity contribution is 7.10. The number of ether oxygens (including phenoxy) is 1. The number of carbonyl (C=O) groups excluding carboxylic acids is 2. The number of dihydropyridines is 1. The summed E-state index contributed by atoms with van der Waals surface area (Å²) in [7, 11) is 0. The smallest absolute Gasteiger partial charge is 0.337 e. The van der Waals surface area contributed by atoms with Crippen LogP contribution >= 0.6 is 22.7 Å². The highest BCUT2D eigenvalue weighted by atomic mass is 32.1. The Morgan fingerprint density at radius 2 is 2.07 bits per heavy atom. The van der Waals surface area contributed by atoms with E-state index in [9.17, 15) is 9.59 Å². The van der Waals surface area contributed by atoms with Gasteiger partial charge in [0, 0.05) is 40.1 Å².